The van der Waals surface area contributed by atoms with E-state index in [4.69, 9.17) is 0 Å². The number of likely N-dealkylation sites (tertiary alicyclic amines) is 1. The van der Waals surface area contributed by atoms with Gasteiger partial charge in [-0.25, -0.2) is 0 Å². The molecule has 2 heterocycles. The van der Waals surface area contributed by atoms with Gasteiger partial charge in [-0.05, 0) is 37.6 Å². The number of nitrogens with zero attached hydrogens (tertiary/aromatic N) is 3. The topological polar surface area (TPSA) is 52.5 Å². The first-order valence-corrected chi connectivity index (χ1v) is 7.38. The predicted molar refractivity (Wildman–Crippen MR) is 98.1 cm³/mol. The summed E-state index contributed by atoms with van der Waals surface area (Å²) in [5, 5.41) is 6.71. The van der Waals surface area contributed by atoms with Gasteiger partial charge in [-0.2, -0.15) is 0 Å². The summed E-state index contributed by atoms with van der Waals surface area (Å²) in [4.78, 5) is 11.0. The van der Waals surface area contributed by atoms with E-state index in [0.717, 1.165) is 30.7 Å². The van der Waals surface area contributed by atoms with Crippen molar-refractivity contribution in [2.45, 2.75) is 19.9 Å². The molecule has 0 radical (unpaired) electrons. The van der Waals surface area contributed by atoms with Gasteiger partial charge in [-0.3, -0.25) is 9.98 Å². The first-order chi connectivity index (χ1) is 9.81. The zero-order valence-electron chi connectivity index (χ0n) is 12.9. The number of hydrogen-bond donors (Lipinski definition) is 2. The molecule has 0 aliphatic carbocycles. The van der Waals surface area contributed by atoms with Crippen molar-refractivity contribution < 1.29 is 0 Å². The molecule has 0 saturated carbocycles. The lowest BCUT2D eigenvalue weighted by Gasteiger charge is -2.16. The van der Waals surface area contributed by atoms with Gasteiger partial charge in [0.2, 0.25) is 0 Å². The van der Waals surface area contributed by atoms with Crippen LogP contribution < -0.4 is 10.6 Å². The first kappa shape index (κ1) is 18.2. The monoisotopic (exact) mass is 403 g/mol. The highest BCUT2D eigenvalue weighted by Gasteiger charge is 2.20. The molecular formula is C15H26IN5. The van der Waals surface area contributed by atoms with E-state index in [-0.39, 0.29) is 24.0 Å². The van der Waals surface area contributed by atoms with E-state index in [1.807, 2.05) is 24.4 Å². The zero-order chi connectivity index (χ0) is 14.2. The quantitative estimate of drug-likeness (QED) is 0.447. The fraction of sp³-hybridized carbons (Fsp3) is 0.600. The van der Waals surface area contributed by atoms with Crippen LogP contribution in [0, 0.1) is 5.92 Å². The first-order valence-electron chi connectivity index (χ1n) is 7.38. The molecule has 1 aliphatic heterocycles. The third-order valence-electron chi connectivity index (χ3n) is 3.76. The van der Waals surface area contributed by atoms with Gasteiger partial charge in [-0.15, -0.1) is 24.0 Å². The molecule has 1 atom stereocenters. The molecule has 2 rings (SSSR count). The van der Waals surface area contributed by atoms with Gasteiger partial charge in [0, 0.05) is 26.3 Å². The number of rotatable bonds is 5. The predicted octanol–water partition coefficient (Wildman–Crippen LogP) is 1.71. The Morgan fingerprint density at radius 2 is 2.29 bits per heavy atom. The minimum absolute atomic E-state index is 0. The molecule has 21 heavy (non-hydrogen) atoms. The summed E-state index contributed by atoms with van der Waals surface area (Å²) in [5.41, 5.74) is 1.02. The van der Waals surface area contributed by atoms with Crippen molar-refractivity contribution in [1.82, 2.24) is 20.5 Å². The van der Waals surface area contributed by atoms with Gasteiger partial charge in [0.05, 0.1) is 12.2 Å². The van der Waals surface area contributed by atoms with E-state index >= 15 is 0 Å². The highest BCUT2D eigenvalue weighted by Crippen LogP contribution is 2.14. The Morgan fingerprint density at radius 1 is 1.43 bits per heavy atom. The molecule has 1 aliphatic rings. The molecule has 0 amide bonds. The Kier molecular flexibility index (Phi) is 8.60. The summed E-state index contributed by atoms with van der Waals surface area (Å²) in [6.45, 7) is 7.49. The van der Waals surface area contributed by atoms with Crippen LogP contribution in [0.15, 0.2) is 29.4 Å². The molecule has 1 saturated heterocycles. The van der Waals surface area contributed by atoms with Gasteiger partial charge < -0.3 is 15.5 Å². The minimum Gasteiger partial charge on any atom is -0.356 e. The fourth-order valence-electron chi connectivity index (χ4n) is 2.51. The van der Waals surface area contributed by atoms with Gasteiger partial charge in [-0.1, -0.05) is 13.0 Å². The molecular weight excluding hydrogens is 377 g/mol. The van der Waals surface area contributed by atoms with Crippen molar-refractivity contribution in [1.29, 1.82) is 0 Å². The van der Waals surface area contributed by atoms with Crippen LogP contribution in [-0.2, 0) is 6.54 Å². The maximum absolute atomic E-state index is 4.29. The van der Waals surface area contributed by atoms with Gasteiger partial charge >= 0.3 is 0 Å². The standard InChI is InChI=1S/C15H25N5.HI/c1-3-20-9-7-13(12-20)10-18-15(16-2)19-11-14-6-4-5-8-17-14;/h4-6,8,13H,3,7,9-12H2,1-2H3,(H2,16,18,19);1H. The summed E-state index contributed by atoms with van der Waals surface area (Å²) in [5.74, 6) is 1.58. The highest BCUT2D eigenvalue weighted by molar-refractivity contribution is 14.0. The minimum atomic E-state index is 0. The van der Waals surface area contributed by atoms with Crippen LogP contribution in [0.2, 0.25) is 0 Å². The van der Waals surface area contributed by atoms with Crippen LogP contribution in [0.5, 0.6) is 0 Å². The highest BCUT2D eigenvalue weighted by atomic mass is 127. The number of halogens is 1. The normalized spacial score (nSPS) is 19.1. The molecule has 1 aromatic rings. The summed E-state index contributed by atoms with van der Waals surface area (Å²) in [7, 11) is 1.81. The van der Waals surface area contributed by atoms with E-state index in [0.29, 0.717) is 6.54 Å². The Labute approximate surface area is 144 Å². The second-order valence-electron chi connectivity index (χ2n) is 5.18. The lowest BCUT2D eigenvalue weighted by Crippen LogP contribution is -2.40. The third kappa shape index (κ3) is 6.17. The van der Waals surface area contributed by atoms with Crippen molar-refractivity contribution in [3.05, 3.63) is 30.1 Å². The molecule has 6 heteroatoms. The van der Waals surface area contributed by atoms with Crippen LogP contribution >= 0.6 is 24.0 Å². The zero-order valence-corrected chi connectivity index (χ0v) is 15.2. The summed E-state index contributed by atoms with van der Waals surface area (Å²) >= 11 is 0. The van der Waals surface area contributed by atoms with Gasteiger partial charge in [0.25, 0.3) is 0 Å². The average molecular weight is 403 g/mol. The van der Waals surface area contributed by atoms with E-state index in [2.05, 4.69) is 32.4 Å². The second kappa shape index (κ2) is 9.94. The molecule has 5 nitrogen and oxygen atoms in total. The summed E-state index contributed by atoms with van der Waals surface area (Å²) in [6, 6.07) is 5.94. The molecule has 118 valence electrons. The van der Waals surface area contributed by atoms with E-state index in [9.17, 15) is 0 Å². The Bertz CT molecular complexity index is 423. The molecule has 1 unspecified atom stereocenters. The summed E-state index contributed by atoms with van der Waals surface area (Å²) in [6.07, 6.45) is 3.09. The maximum atomic E-state index is 4.29. The average Bonchev–Trinajstić information content (AvgIpc) is 2.96. The van der Waals surface area contributed by atoms with Crippen molar-refractivity contribution in [3.8, 4) is 0 Å². The van der Waals surface area contributed by atoms with Crippen LogP contribution in [-0.4, -0.2) is 49.1 Å². The fourth-order valence-corrected chi connectivity index (χ4v) is 2.51. The molecule has 0 bridgehead atoms. The van der Waals surface area contributed by atoms with Gasteiger partial charge in [0.1, 0.15) is 0 Å². The van der Waals surface area contributed by atoms with Crippen molar-refractivity contribution >= 4 is 29.9 Å². The van der Waals surface area contributed by atoms with E-state index in [1.54, 1.807) is 7.05 Å². The third-order valence-corrected chi connectivity index (χ3v) is 3.76. The van der Waals surface area contributed by atoms with Crippen molar-refractivity contribution in [3.63, 3.8) is 0 Å². The number of aromatic nitrogens is 1. The second-order valence-corrected chi connectivity index (χ2v) is 5.18. The largest absolute Gasteiger partial charge is 0.356 e. The number of guanidine groups is 1. The molecule has 0 aromatic carbocycles. The molecule has 0 spiro atoms. The smallest absolute Gasteiger partial charge is 0.191 e. The van der Waals surface area contributed by atoms with Crippen LogP contribution in [0.3, 0.4) is 0 Å². The molecule has 1 aromatic heterocycles. The number of hydrogen-bond acceptors (Lipinski definition) is 3. The Hall–Kier alpha value is -0.890. The number of pyridine rings is 1. The summed E-state index contributed by atoms with van der Waals surface area (Å²) < 4.78 is 0. The maximum Gasteiger partial charge on any atom is 0.191 e. The van der Waals surface area contributed by atoms with Crippen molar-refractivity contribution in [2.75, 3.05) is 33.2 Å². The molecule has 1 fully saturated rings. The van der Waals surface area contributed by atoms with E-state index < -0.39 is 0 Å². The van der Waals surface area contributed by atoms with Crippen LogP contribution in [0.1, 0.15) is 19.0 Å². The van der Waals surface area contributed by atoms with Gasteiger partial charge in [0.15, 0.2) is 5.96 Å². The lowest BCUT2D eigenvalue weighted by molar-refractivity contribution is 0.342. The van der Waals surface area contributed by atoms with Crippen LogP contribution in [0.4, 0.5) is 0 Å². The number of nitrogens with one attached hydrogen (secondary N) is 2. The number of aliphatic imine (C=N–C) groups is 1. The Balaban J connectivity index is 0.00000220. The van der Waals surface area contributed by atoms with E-state index in [1.165, 1.54) is 19.5 Å². The Morgan fingerprint density at radius 3 is 2.90 bits per heavy atom. The SMILES string of the molecule is CCN1CCC(CNC(=NC)NCc2ccccn2)C1.I. The van der Waals surface area contributed by atoms with Crippen molar-refractivity contribution in [2.24, 2.45) is 10.9 Å². The lowest BCUT2D eigenvalue weighted by atomic mass is 10.1. The van der Waals surface area contributed by atoms with Crippen LogP contribution in [0.25, 0.3) is 0 Å². The molecule has 2 N–H and O–H groups in total.